The van der Waals surface area contributed by atoms with Gasteiger partial charge in [-0.15, -0.1) is 11.6 Å². The Balaban J connectivity index is 3.78. The third-order valence-electron chi connectivity index (χ3n) is 1.10. The molecule has 12 heavy (non-hydrogen) atoms. The maximum absolute atomic E-state index is 10.8. The third kappa shape index (κ3) is 4.27. The number of hydrogen-bond acceptors (Lipinski definition) is 5. The Morgan fingerprint density at radius 1 is 1.50 bits per heavy atom. The fraction of sp³-hybridized carbons (Fsp3) is 0.667. The van der Waals surface area contributed by atoms with E-state index in [4.69, 9.17) is 23.1 Å². The van der Waals surface area contributed by atoms with Gasteiger partial charge >= 0.3 is 11.9 Å². The van der Waals surface area contributed by atoms with Crippen LogP contribution in [0.3, 0.4) is 0 Å². The highest BCUT2D eigenvalue weighted by molar-refractivity contribution is 6.27. The number of alkyl halides is 1. The van der Waals surface area contributed by atoms with Crippen molar-refractivity contribution in [1.82, 2.24) is 0 Å². The van der Waals surface area contributed by atoms with Gasteiger partial charge in [0.25, 0.3) is 0 Å². The van der Waals surface area contributed by atoms with Crippen LogP contribution in [-0.4, -0.2) is 30.4 Å². The monoisotopic (exact) mass is 194 g/mol. The van der Waals surface area contributed by atoms with Crippen molar-refractivity contribution in [3.63, 3.8) is 0 Å². The summed E-state index contributed by atoms with van der Waals surface area (Å²) < 4.78 is 4.22. The lowest BCUT2D eigenvalue weighted by atomic mass is 10.2. The first kappa shape index (κ1) is 11.4. The van der Waals surface area contributed by atoms with Crippen molar-refractivity contribution < 1.29 is 14.3 Å². The van der Waals surface area contributed by atoms with Crippen molar-refractivity contribution in [2.45, 2.75) is 12.5 Å². The molecular weight excluding hydrogens is 184 g/mol. The third-order valence-corrected chi connectivity index (χ3v) is 1.32. The molecule has 0 saturated heterocycles. The highest BCUT2D eigenvalue weighted by atomic mass is 35.5. The largest absolute Gasteiger partial charge is 0.391 e. The maximum atomic E-state index is 10.8. The van der Waals surface area contributed by atoms with Gasteiger partial charge < -0.3 is 16.2 Å². The number of halogens is 1. The van der Waals surface area contributed by atoms with E-state index in [9.17, 15) is 9.59 Å². The quantitative estimate of drug-likeness (QED) is 0.339. The molecule has 6 heteroatoms. The van der Waals surface area contributed by atoms with E-state index in [1.807, 2.05) is 0 Å². The summed E-state index contributed by atoms with van der Waals surface area (Å²) in [5.74, 6) is -1.94. The molecule has 70 valence electrons. The van der Waals surface area contributed by atoms with Gasteiger partial charge in [-0.1, -0.05) is 0 Å². The second kappa shape index (κ2) is 5.93. The number of carbonyl (C=O) groups is 2. The molecule has 0 bridgehead atoms. The van der Waals surface area contributed by atoms with E-state index in [0.29, 0.717) is 0 Å². The van der Waals surface area contributed by atoms with Crippen LogP contribution >= 0.6 is 11.6 Å². The molecule has 4 N–H and O–H groups in total. The Bertz CT molecular complexity index is 174. The van der Waals surface area contributed by atoms with Crippen LogP contribution in [0.4, 0.5) is 0 Å². The van der Waals surface area contributed by atoms with E-state index >= 15 is 0 Å². The summed E-state index contributed by atoms with van der Waals surface area (Å²) >= 11 is 5.09. The zero-order valence-electron chi connectivity index (χ0n) is 6.46. The first-order valence-electron chi connectivity index (χ1n) is 3.38. The molecule has 0 aliphatic rings. The lowest BCUT2D eigenvalue weighted by Gasteiger charge is -2.07. The van der Waals surface area contributed by atoms with Crippen LogP contribution in [0.5, 0.6) is 0 Å². The van der Waals surface area contributed by atoms with Gasteiger partial charge in [0.05, 0.1) is 0 Å². The summed E-state index contributed by atoms with van der Waals surface area (Å²) in [5.41, 5.74) is 10.4. The van der Waals surface area contributed by atoms with Gasteiger partial charge in [-0.2, -0.15) is 0 Å². The molecule has 0 heterocycles. The molecule has 1 unspecified atom stereocenters. The Morgan fingerprint density at radius 3 is 2.50 bits per heavy atom. The summed E-state index contributed by atoms with van der Waals surface area (Å²) in [5, 5.41) is 0. The molecule has 0 radical (unpaired) electrons. The first-order chi connectivity index (χ1) is 5.61. The minimum Gasteiger partial charge on any atom is -0.391 e. The van der Waals surface area contributed by atoms with Crippen molar-refractivity contribution in [3.05, 3.63) is 0 Å². The Hall–Kier alpha value is -0.650. The van der Waals surface area contributed by atoms with Crippen LogP contribution in [0.15, 0.2) is 0 Å². The molecule has 0 saturated carbocycles. The lowest BCUT2D eigenvalue weighted by molar-refractivity contribution is -0.158. The molecule has 0 aromatic rings. The molecule has 5 nitrogen and oxygen atoms in total. The summed E-state index contributed by atoms with van der Waals surface area (Å²) in [6.07, 6.45) is 0.286. The normalized spacial score (nSPS) is 12.2. The number of ether oxygens (including phenoxy) is 1. The average molecular weight is 195 g/mol. The fourth-order valence-corrected chi connectivity index (χ4v) is 0.567. The second-order valence-corrected chi connectivity index (χ2v) is 2.38. The molecule has 0 aromatic carbocycles. The SMILES string of the molecule is NCCC(N)C(=O)OC(=O)CCl. The predicted molar refractivity (Wildman–Crippen MR) is 43.5 cm³/mol. The topological polar surface area (TPSA) is 95.4 Å². The van der Waals surface area contributed by atoms with Crippen LogP contribution < -0.4 is 11.5 Å². The number of carbonyl (C=O) groups excluding carboxylic acids is 2. The highest BCUT2D eigenvalue weighted by Gasteiger charge is 2.16. The zero-order valence-corrected chi connectivity index (χ0v) is 7.21. The van der Waals surface area contributed by atoms with Gasteiger partial charge in [0.2, 0.25) is 0 Å². The van der Waals surface area contributed by atoms with Crippen LogP contribution in [-0.2, 0) is 14.3 Å². The maximum Gasteiger partial charge on any atom is 0.330 e. The molecule has 0 aliphatic carbocycles. The molecule has 0 rings (SSSR count). The van der Waals surface area contributed by atoms with Crippen molar-refractivity contribution >= 4 is 23.5 Å². The van der Waals surface area contributed by atoms with Crippen LogP contribution in [0.1, 0.15) is 6.42 Å². The Labute approximate surface area is 75.0 Å². The summed E-state index contributed by atoms with van der Waals surface area (Å²) in [7, 11) is 0. The van der Waals surface area contributed by atoms with Crippen LogP contribution in [0, 0.1) is 0 Å². The highest BCUT2D eigenvalue weighted by Crippen LogP contribution is 1.92. The molecule has 0 aromatic heterocycles. The summed E-state index contributed by atoms with van der Waals surface area (Å²) in [6.45, 7) is 0.269. The van der Waals surface area contributed by atoms with Crippen LogP contribution in [0.2, 0.25) is 0 Å². The van der Waals surface area contributed by atoms with E-state index in [1.54, 1.807) is 0 Å². The van der Waals surface area contributed by atoms with E-state index in [2.05, 4.69) is 4.74 Å². The minimum absolute atomic E-state index is 0.269. The van der Waals surface area contributed by atoms with Gasteiger partial charge in [-0.25, -0.2) is 4.79 Å². The lowest BCUT2D eigenvalue weighted by Crippen LogP contribution is -2.35. The number of hydrogen-bond donors (Lipinski definition) is 2. The Morgan fingerprint density at radius 2 is 2.08 bits per heavy atom. The first-order valence-corrected chi connectivity index (χ1v) is 3.91. The summed E-state index contributed by atoms with van der Waals surface area (Å²) in [6, 6.07) is -0.845. The molecule has 0 aliphatic heterocycles. The molecule has 0 fully saturated rings. The standard InChI is InChI=1S/C6H11ClN2O3/c7-3-5(10)12-6(11)4(9)1-2-8/h4H,1-3,8-9H2. The predicted octanol–water partition coefficient (Wildman–Crippen LogP) is -1.03. The smallest absolute Gasteiger partial charge is 0.330 e. The van der Waals surface area contributed by atoms with Crippen LogP contribution in [0.25, 0.3) is 0 Å². The van der Waals surface area contributed by atoms with Gasteiger partial charge in [0.15, 0.2) is 0 Å². The van der Waals surface area contributed by atoms with Gasteiger partial charge in [-0.05, 0) is 13.0 Å². The zero-order chi connectivity index (χ0) is 9.56. The van der Waals surface area contributed by atoms with Crippen molar-refractivity contribution in [3.8, 4) is 0 Å². The second-order valence-electron chi connectivity index (χ2n) is 2.11. The molecule has 0 amide bonds. The van der Waals surface area contributed by atoms with Crippen molar-refractivity contribution in [2.24, 2.45) is 11.5 Å². The number of rotatable bonds is 4. The van der Waals surface area contributed by atoms with E-state index in [0.717, 1.165) is 0 Å². The molecule has 1 atom stereocenters. The van der Waals surface area contributed by atoms with E-state index < -0.39 is 18.0 Å². The average Bonchev–Trinajstić information content (AvgIpc) is 2.04. The summed E-state index contributed by atoms with van der Waals surface area (Å²) in [4.78, 5) is 21.3. The molecular formula is C6H11ClN2O3. The van der Waals surface area contributed by atoms with Crippen molar-refractivity contribution in [1.29, 1.82) is 0 Å². The van der Waals surface area contributed by atoms with E-state index in [-0.39, 0.29) is 18.8 Å². The fourth-order valence-electron chi connectivity index (χ4n) is 0.513. The molecule has 0 spiro atoms. The van der Waals surface area contributed by atoms with Gasteiger partial charge in [-0.3, -0.25) is 4.79 Å². The number of esters is 2. The van der Waals surface area contributed by atoms with E-state index in [1.165, 1.54) is 0 Å². The van der Waals surface area contributed by atoms with Gasteiger partial charge in [0, 0.05) is 0 Å². The Kier molecular flexibility index (Phi) is 5.61. The minimum atomic E-state index is -0.845. The van der Waals surface area contributed by atoms with Gasteiger partial charge in [0.1, 0.15) is 11.9 Å². The van der Waals surface area contributed by atoms with Crippen molar-refractivity contribution in [2.75, 3.05) is 12.4 Å². The number of nitrogens with two attached hydrogens (primary N) is 2.